The van der Waals surface area contributed by atoms with Crippen molar-refractivity contribution in [2.24, 2.45) is 10.3 Å². The van der Waals surface area contributed by atoms with Gasteiger partial charge in [0, 0.05) is 5.56 Å². The van der Waals surface area contributed by atoms with Crippen LogP contribution in [0.2, 0.25) is 0 Å². The summed E-state index contributed by atoms with van der Waals surface area (Å²) in [4.78, 5) is 0. The average molecular weight is 209 g/mol. The van der Waals surface area contributed by atoms with Gasteiger partial charge in [-0.2, -0.15) is 0 Å². The lowest BCUT2D eigenvalue weighted by atomic mass is 9.86. The fourth-order valence-electron chi connectivity index (χ4n) is 2.45. The van der Waals surface area contributed by atoms with E-state index in [-0.39, 0.29) is 6.04 Å². The van der Waals surface area contributed by atoms with Crippen LogP contribution in [0.15, 0.2) is 40.8 Å². The molecule has 0 radical (unpaired) electrons. The number of rotatable bonds is 0. The van der Waals surface area contributed by atoms with Gasteiger partial charge in [-0.15, -0.1) is 4.70 Å². The highest BCUT2D eigenvalue weighted by molar-refractivity contribution is 6.05. The average Bonchev–Trinajstić information content (AvgIpc) is 2.36. The van der Waals surface area contributed by atoms with Crippen LogP contribution in [-0.2, 0) is 0 Å². The Kier molecular flexibility index (Phi) is 1.33. The van der Waals surface area contributed by atoms with Gasteiger partial charge in [-0.25, -0.2) is 0 Å². The van der Waals surface area contributed by atoms with Gasteiger partial charge in [-0.1, -0.05) is 34.9 Å². The summed E-state index contributed by atoms with van der Waals surface area (Å²) in [6.45, 7) is 0. The second-order valence-electron chi connectivity index (χ2n) is 4.02. The Balaban J connectivity index is 2.10. The summed E-state index contributed by atoms with van der Waals surface area (Å²) < 4.78 is 1.91. The van der Waals surface area contributed by atoms with Crippen LogP contribution in [0.5, 0.6) is 0 Å². The van der Waals surface area contributed by atoms with Crippen molar-refractivity contribution in [1.82, 2.24) is 5.53 Å². The van der Waals surface area contributed by atoms with Crippen LogP contribution in [0, 0.1) is 0 Å². The number of nitrogens with one attached hydrogen (secondary N) is 1. The Morgan fingerprint density at radius 1 is 1.12 bits per heavy atom. The quantitative estimate of drug-likeness (QED) is 0.653. The Morgan fingerprint density at radius 3 is 2.94 bits per heavy atom. The number of nitrogens with zero attached hydrogens (tertiary/aromatic N) is 3. The number of hydrazone groups is 1. The standard InChI is InChI=1S/C12H8N4/c1-2-8-4-5-10-12-11(8)9(3-1)6-7-16(12)15-14-13-10/h1-7,12H/p+1. The van der Waals surface area contributed by atoms with E-state index in [0.717, 1.165) is 5.71 Å². The maximum atomic E-state index is 4.21. The van der Waals surface area contributed by atoms with Crippen molar-refractivity contribution in [3.63, 3.8) is 0 Å². The first kappa shape index (κ1) is 7.98. The van der Waals surface area contributed by atoms with Crippen molar-refractivity contribution in [3.05, 3.63) is 47.2 Å². The van der Waals surface area contributed by atoms with Crippen LogP contribution < -0.4 is 5.53 Å². The fraction of sp³-hybridized carbons (Fsp3) is 0.0833. The van der Waals surface area contributed by atoms with Crippen LogP contribution in [0.4, 0.5) is 0 Å². The summed E-state index contributed by atoms with van der Waals surface area (Å²) >= 11 is 0. The molecule has 2 aliphatic heterocycles. The molecular weight excluding hydrogens is 200 g/mol. The van der Waals surface area contributed by atoms with Crippen molar-refractivity contribution in [3.8, 4) is 0 Å². The maximum Gasteiger partial charge on any atom is 0.195 e. The van der Waals surface area contributed by atoms with Gasteiger partial charge in [0.05, 0.1) is 0 Å². The summed E-state index contributed by atoms with van der Waals surface area (Å²) in [6.07, 6.45) is 8.23. The van der Waals surface area contributed by atoms with Gasteiger partial charge in [0.2, 0.25) is 0 Å². The molecule has 1 aromatic carbocycles. The largest absolute Gasteiger partial charge is 0.195 e. The zero-order valence-corrected chi connectivity index (χ0v) is 8.46. The second-order valence-corrected chi connectivity index (χ2v) is 4.02. The van der Waals surface area contributed by atoms with E-state index in [0.29, 0.717) is 0 Å². The smallest absolute Gasteiger partial charge is 0.126 e. The zero-order chi connectivity index (χ0) is 10.5. The predicted octanol–water partition coefficient (Wildman–Crippen LogP) is 2.08. The number of benzene rings is 1. The molecule has 0 spiro atoms. The molecular formula is C12H9N4+. The molecule has 4 nitrogen and oxygen atoms in total. The van der Waals surface area contributed by atoms with Gasteiger partial charge in [0.15, 0.2) is 6.04 Å². The predicted molar refractivity (Wildman–Crippen MR) is 60.5 cm³/mol. The molecule has 4 rings (SSSR count). The molecule has 1 aliphatic carbocycles. The molecule has 16 heavy (non-hydrogen) atoms. The van der Waals surface area contributed by atoms with E-state index in [1.165, 1.54) is 16.7 Å². The molecule has 1 N–H and O–H groups in total. The van der Waals surface area contributed by atoms with Crippen LogP contribution in [0.1, 0.15) is 22.7 Å². The van der Waals surface area contributed by atoms with Gasteiger partial charge in [-0.05, 0) is 23.3 Å². The maximum absolute atomic E-state index is 4.21. The molecule has 0 aromatic heterocycles. The van der Waals surface area contributed by atoms with Crippen molar-refractivity contribution in [1.29, 1.82) is 0 Å². The Hall–Kier alpha value is -2.23. The van der Waals surface area contributed by atoms with Crippen LogP contribution in [0.3, 0.4) is 0 Å². The minimum absolute atomic E-state index is 0.141. The normalized spacial score (nSPS) is 23.1. The third-order valence-electron chi connectivity index (χ3n) is 3.17. The molecule has 4 heteroatoms. The Labute approximate surface area is 92.3 Å². The van der Waals surface area contributed by atoms with Crippen LogP contribution >= 0.6 is 0 Å². The molecule has 0 saturated carbocycles. The summed E-state index contributed by atoms with van der Waals surface area (Å²) in [7, 11) is 0. The molecule has 76 valence electrons. The van der Waals surface area contributed by atoms with Crippen LogP contribution in [-0.4, -0.2) is 10.4 Å². The molecule has 0 bridgehead atoms. The molecule has 1 unspecified atom stereocenters. The molecule has 2 heterocycles. The van der Waals surface area contributed by atoms with E-state index in [9.17, 15) is 0 Å². The van der Waals surface area contributed by atoms with Crippen molar-refractivity contribution in [2.75, 3.05) is 0 Å². The van der Waals surface area contributed by atoms with Gasteiger partial charge in [0.25, 0.3) is 0 Å². The summed E-state index contributed by atoms with van der Waals surface area (Å²) in [5.41, 5.74) is 7.51. The van der Waals surface area contributed by atoms with Gasteiger partial charge >= 0.3 is 0 Å². The van der Waals surface area contributed by atoms with E-state index in [2.05, 4.69) is 46.2 Å². The molecule has 0 saturated heterocycles. The Bertz CT molecular complexity index is 559. The van der Waals surface area contributed by atoms with E-state index >= 15 is 0 Å². The van der Waals surface area contributed by atoms with E-state index < -0.39 is 0 Å². The van der Waals surface area contributed by atoms with Crippen molar-refractivity contribution >= 4 is 17.9 Å². The van der Waals surface area contributed by atoms with E-state index in [1.54, 1.807) is 0 Å². The molecule has 3 aliphatic rings. The lowest BCUT2D eigenvalue weighted by Crippen LogP contribution is -2.32. The first-order chi connectivity index (χ1) is 7.93. The molecule has 1 aromatic rings. The fourth-order valence-corrected chi connectivity index (χ4v) is 2.45. The number of hydrogen-bond donors (Lipinski definition) is 1. The van der Waals surface area contributed by atoms with Gasteiger partial charge < -0.3 is 0 Å². The molecule has 0 amide bonds. The van der Waals surface area contributed by atoms with E-state index in [4.69, 9.17) is 0 Å². The van der Waals surface area contributed by atoms with Crippen molar-refractivity contribution < 1.29 is 4.70 Å². The third kappa shape index (κ3) is 0.863. The highest BCUT2D eigenvalue weighted by atomic mass is 15.6. The zero-order valence-electron chi connectivity index (χ0n) is 8.46. The molecule has 1 atom stereocenters. The lowest BCUT2D eigenvalue weighted by molar-refractivity contribution is -0.564. The Morgan fingerprint density at radius 2 is 2.00 bits per heavy atom. The number of hydrogen-bond acceptors (Lipinski definition) is 3. The summed E-state index contributed by atoms with van der Waals surface area (Å²) in [6, 6.07) is 6.48. The van der Waals surface area contributed by atoms with Crippen molar-refractivity contribution in [2.45, 2.75) is 6.04 Å². The third-order valence-corrected chi connectivity index (χ3v) is 3.17. The first-order valence-corrected chi connectivity index (χ1v) is 5.24. The van der Waals surface area contributed by atoms with Crippen LogP contribution in [0.25, 0.3) is 12.2 Å². The molecule has 0 fully saturated rings. The monoisotopic (exact) mass is 209 g/mol. The SMILES string of the molecule is C1=Cc2cccc3c2C2C1=NNN=[N+]2C=C3. The van der Waals surface area contributed by atoms with Gasteiger partial charge in [0.1, 0.15) is 17.1 Å². The first-order valence-electron chi connectivity index (χ1n) is 5.24. The highest BCUT2D eigenvalue weighted by Gasteiger charge is 2.36. The highest BCUT2D eigenvalue weighted by Crippen LogP contribution is 2.36. The van der Waals surface area contributed by atoms with E-state index in [1.807, 2.05) is 17.0 Å². The summed E-state index contributed by atoms with van der Waals surface area (Å²) in [5.74, 6) is 0. The summed E-state index contributed by atoms with van der Waals surface area (Å²) in [5, 5.41) is 8.36. The topological polar surface area (TPSA) is 39.8 Å². The minimum Gasteiger partial charge on any atom is -0.126 e. The minimum atomic E-state index is 0.141. The second kappa shape index (κ2) is 2.66. The lowest BCUT2D eigenvalue weighted by Gasteiger charge is -2.26. The van der Waals surface area contributed by atoms with Gasteiger partial charge in [-0.3, -0.25) is 0 Å².